The molecule has 1 saturated carbocycles. The van der Waals surface area contributed by atoms with Crippen molar-refractivity contribution in [1.29, 1.82) is 0 Å². The molecule has 0 bridgehead atoms. The summed E-state index contributed by atoms with van der Waals surface area (Å²) in [5.74, 6) is -1.95. The number of carboxylic acids is 1. The Balaban J connectivity index is 1.89. The van der Waals surface area contributed by atoms with Crippen molar-refractivity contribution in [2.45, 2.75) is 69.1 Å². The summed E-state index contributed by atoms with van der Waals surface area (Å²) in [6, 6.07) is 12.6. The lowest BCUT2D eigenvalue weighted by atomic mass is 9.89. The number of sulfone groups is 1. The van der Waals surface area contributed by atoms with Gasteiger partial charge in [0.05, 0.1) is 23.0 Å². The minimum absolute atomic E-state index is 0.0144. The van der Waals surface area contributed by atoms with Gasteiger partial charge in [-0.3, -0.25) is 9.59 Å². The van der Waals surface area contributed by atoms with E-state index in [9.17, 15) is 23.1 Å². The van der Waals surface area contributed by atoms with Crippen molar-refractivity contribution in [3.05, 3.63) is 69.7 Å². The number of carboxylic acid groups (broad SMARTS) is 1. The molecule has 2 aromatic carbocycles. The molecule has 0 spiro atoms. The maximum Gasteiger partial charge on any atom is 0.306 e. The average Bonchev–Trinajstić information content (AvgIpc) is 3.64. The van der Waals surface area contributed by atoms with Crippen molar-refractivity contribution in [1.82, 2.24) is 4.90 Å². The summed E-state index contributed by atoms with van der Waals surface area (Å²) in [6.45, 7) is 4.93. The Kier molecular flexibility index (Phi) is 7.96. The Morgan fingerprint density at radius 3 is 2.27 bits per heavy atom. The highest BCUT2D eigenvalue weighted by Gasteiger charge is 2.52. The molecule has 1 amide bonds. The fourth-order valence-corrected chi connectivity index (χ4v) is 6.47. The number of hydrogen-bond acceptors (Lipinski definition) is 5. The number of ether oxygens (including phenoxy) is 1. The zero-order valence-corrected chi connectivity index (χ0v) is 23.3. The SMILES string of the molecule is CC(C)(C)S(=O)(=O)C[C@@H](C1CC1)N1C(=O)[C@H](CC(=O)O)O[C@@H](c2cccc(Cl)c2)[C@@H]1c1ccc(Cl)cc1. The first-order chi connectivity index (χ1) is 17.3. The maximum absolute atomic E-state index is 14.0. The molecule has 2 aliphatic rings. The monoisotopic (exact) mass is 567 g/mol. The molecule has 37 heavy (non-hydrogen) atoms. The molecule has 1 aliphatic carbocycles. The van der Waals surface area contributed by atoms with Gasteiger partial charge in [0.15, 0.2) is 9.84 Å². The number of carbonyl (C=O) groups is 2. The van der Waals surface area contributed by atoms with Gasteiger partial charge >= 0.3 is 5.97 Å². The fourth-order valence-electron chi connectivity index (χ4n) is 4.76. The van der Waals surface area contributed by atoms with Crippen LogP contribution in [0.15, 0.2) is 48.5 Å². The second-order valence-corrected chi connectivity index (χ2v) is 14.4. The predicted molar refractivity (Wildman–Crippen MR) is 142 cm³/mol. The summed E-state index contributed by atoms with van der Waals surface area (Å²) in [6.07, 6.45) is -1.02. The number of halogens is 2. The molecule has 1 heterocycles. The normalized spacial score (nSPS) is 23.6. The Bertz CT molecular complexity index is 1270. The van der Waals surface area contributed by atoms with E-state index in [1.165, 1.54) is 0 Å². The Hall–Kier alpha value is -2.13. The molecule has 4 atom stereocenters. The van der Waals surface area contributed by atoms with Gasteiger partial charge in [0.1, 0.15) is 12.2 Å². The average molecular weight is 569 g/mol. The van der Waals surface area contributed by atoms with E-state index in [0.29, 0.717) is 21.2 Å². The molecule has 2 fully saturated rings. The predicted octanol–water partition coefficient (Wildman–Crippen LogP) is 5.47. The summed E-state index contributed by atoms with van der Waals surface area (Å²) >= 11 is 12.5. The van der Waals surface area contributed by atoms with Gasteiger partial charge in [0, 0.05) is 16.1 Å². The molecule has 7 nitrogen and oxygen atoms in total. The topological polar surface area (TPSA) is 101 Å². The van der Waals surface area contributed by atoms with Crippen LogP contribution in [0.25, 0.3) is 0 Å². The molecule has 4 rings (SSSR count). The lowest BCUT2D eigenvalue weighted by molar-refractivity contribution is -0.183. The molecule has 200 valence electrons. The van der Waals surface area contributed by atoms with Crippen molar-refractivity contribution < 1.29 is 27.9 Å². The van der Waals surface area contributed by atoms with Crippen LogP contribution >= 0.6 is 23.2 Å². The lowest BCUT2D eigenvalue weighted by Crippen LogP contribution is -2.58. The van der Waals surface area contributed by atoms with Gasteiger partial charge < -0.3 is 14.7 Å². The summed E-state index contributed by atoms with van der Waals surface area (Å²) in [4.78, 5) is 27.2. The molecule has 1 aliphatic heterocycles. The number of hydrogen-bond donors (Lipinski definition) is 1. The van der Waals surface area contributed by atoms with Crippen LogP contribution in [0.4, 0.5) is 0 Å². The zero-order valence-electron chi connectivity index (χ0n) is 20.9. The van der Waals surface area contributed by atoms with E-state index < -0.39 is 57.2 Å². The van der Waals surface area contributed by atoms with E-state index in [2.05, 4.69) is 0 Å². The zero-order chi connectivity index (χ0) is 27.1. The molecule has 0 unspecified atom stereocenters. The van der Waals surface area contributed by atoms with Gasteiger partial charge in [-0.25, -0.2) is 8.42 Å². The van der Waals surface area contributed by atoms with E-state index in [1.54, 1.807) is 68.1 Å². The van der Waals surface area contributed by atoms with Crippen LogP contribution < -0.4 is 0 Å². The molecule has 10 heteroatoms. The van der Waals surface area contributed by atoms with Crippen LogP contribution in [0.3, 0.4) is 0 Å². The Labute approximate surface area is 227 Å². The number of morpholine rings is 1. The third-order valence-electron chi connectivity index (χ3n) is 7.02. The van der Waals surface area contributed by atoms with Crippen LogP contribution in [0.5, 0.6) is 0 Å². The first kappa shape index (κ1) is 27.9. The first-order valence-electron chi connectivity index (χ1n) is 12.2. The fraction of sp³-hybridized carbons (Fsp3) is 0.481. The van der Waals surface area contributed by atoms with E-state index in [0.717, 1.165) is 12.8 Å². The van der Waals surface area contributed by atoms with Crippen LogP contribution in [0.1, 0.15) is 63.3 Å². The Morgan fingerprint density at radius 1 is 1.08 bits per heavy atom. The third-order valence-corrected chi connectivity index (χ3v) is 10.2. The highest BCUT2D eigenvalue weighted by Crippen LogP contribution is 2.48. The van der Waals surface area contributed by atoms with Crippen molar-refractivity contribution in [3.8, 4) is 0 Å². The quantitative estimate of drug-likeness (QED) is 0.453. The van der Waals surface area contributed by atoms with Gasteiger partial charge in [-0.1, -0.05) is 47.5 Å². The molecular formula is C27H31Cl2NO6S. The van der Waals surface area contributed by atoms with Gasteiger partial charge in [-0.05, 0) is 74.9 Å². The van der Waals surface area contributed by atoms with E-state index in [1.807, 2.05) is 6.07 Å². The summed E-state index contributed by atoms with van der Waals surface area (Å²) in [7, 11) is -3.61. The Morgan fingerprint density at radius 2 is 1.73 bits per heavy atom. The summed E-state index contributed by atoms with van der Waals surface area (Å²) in [5.41, 5.74) is 1.36. The molecule has 2 aromatic rings. The largest absolute Gasteiger partial charge is 0.481 e. The van der Waals surface area contributed by atoms with Crippen LogP contribution in [-0.2, 0) is 24.2 Å². The van der Waals surface area contributed by atoms with Gasteiger partial charge in [0.25, 0.3) is 5.91 Å². The molecule has 0 radical (unpaired) electrons. The minimum atomic E-state index is -3.61. The molecular weight excluding hydrogens is 537 g/mol. The second-order valence-electron chi connectivity index (χ2n) is 10.7. The highest BCUT2D eigenvalue weighted by molar-refractivity contribution is 7.92. The molecule has 0 aromatic heterocycles. The highest BCUT2D eigenvalue weighted by atomic mass is 35.5. The van der Waals surface area contributed by atoms with Gasteiger partial charge in [-0.15, -0.1) is 0 Å². The second kappa shape index (κ2) is 10.6. The maximum atomic E-state index is 14.0. The van der Waals surface area contributed by atoms with Crippen molar-refractivity contribution >= 4 is 44.9 Å². The first-order valence-corrected chi connectivity index (χ1v) is 14.6. The van der Waals surface area contributed by atoms with Crippen LogP contribution in [-0.4, -0.2) is 52.9 Å². The van der Waals surface area contributed by atoms with Crippen molar-refractivity contribution in [2.75, 3.05) is 5.75 Å². The molecule has 1 saturated heterocycles. The lowest BCUT2D eigenvalue weighted by Gasteiger charge is -2.48. The number of aliphatic carboxylic acids is 1. The van der Waals surface area contributed by atoms with Gasteiger partial charge in [0.2, 0.25) is 0 Å². The summed E-state index contributed by atoms with van der Waals surface area (Å²) in [5, 5.41) is 10.5. The van der Waals surface area contributed by atoms with Gasteiger partial charge in [-0.2, -0.15) is 0 Å². The number of rotatable bonds is 8. The number of nitrogens with zero attached hydrogens (tertiary/aromatic N) is 1. The minimum Gasteiger partial charge on any atom is -0.481 e. The molecule has 1 N–H and O–H groups in total. The van der Waals surface area contributed by atoms with Crippen molar-refractivity contribution in [3.63, 3.8) is 0 Å². The van der Waals surface area contributed by atoms with Crippen molar-refractivity contribution in [2.24, 2.45) is 5.92 Å². The van der Waals surface area contributed by atoms with E-state index in [-0.39, 0.29) is 11.7 Å². The number of benzene rings is 2. The van der Waals surface area contributed by atoms with Crippen LogP contribution in [0, 0.1) is 5.92 Å². The van der Waals surface area contributed by atoms with E-state index >= 15 is 0 Å². The summed E-state index contributed by atoms with van der Waals surface area (Å²) < 4.78 is 32.0. The van der Waals surface area contributed by atoms with E-state index in [4.69, 9.17) is 27.9 Å². The standard InChI is InChI=1S/C27H31Cl2NO6S/c1-27(2,3)37(34,35)15-21(16-7-8-16)30-24(17-9-11-19(28)12-10-17)25(18-5-4-6-20(29)13-18)36-22(26(30)33)14-23(31)32/h4-6,9-13,16,21-22,24-25H,7-8,14-15H2,1-3H3,(H,31,32)/t21-,22-,24-,25-/m0/s1. The number of carbonyl (C=O) groups excluding carboxylic acids is 1. The smallest absolute Gasteiger partial charge is 0.306 e. The third kappa shape index (κ3) is 6.14. The van der Waals surface area contributed by atoms with Crippen LogP contribution in [0.2, 0.25) is 10.0 Å². The number of amides is 1.